The monoisotopic (exact) mass is 517 g/mol. The van der Waals surface area contributed by atoms with Gasteiger partial charge in [-0.3, -0.25) is 9.59 Å². The van der Waals surface area contributed by atoms with Gasteiger partial charge in [0.2, 0.25) is 5.91 Å². The van der Waals surface area contributed by atoms with E-state index in [0.717, 1.165) is 42.3 Å². The van der Waals surface area contributed by atoms with Crippen molar-refractivity contribution in [3.05, 3.63) is 65.9 Å². The summed E-state index contributed by atoms with van der Waals surface area (Å²) < 4.78 is 13.5. The molecule has 5 rings (SSSR count). The van der Waals surface area contributed by atoms with Gasteiger partial charge in [0.15, 0.2) is 0 Å². The number of methoxy groups -OCH3 is 1. The number of ether oxygens (including phenoxy) is 2. The number of nitrogens with one attached hydrogen (secondary N) is 1. The number of amides is 2. The van der Waals surface area contributed by atoms with E-state index in [1.807, 2.05) is 54.3 Å². The van der Waals surface area contributed by atoms with Crippen LogP contribution in [-0.2, 0) is 22.5 Å². The molecule has 1 atom stereocenters. The van der Waals surface area contributed by atoms with Crippen molar-refractivity contribution in [2.24, 2.45) is 5.41 Å². The van der Waals surface area contributed by atoms with Crippen molar-refractivity contribution >= 4 is 22.7 Å². The van der Waals surface area contributed by atoms with Crippen molar-refractivity contribution in [1.82, 2.24) is 14.8 Å². The Morgan fingerprint density at radius 3 is 2.66 bits per heavy atom. The Hall–Kier alpha value is -3.32. The third-order valence-corrected chi connectivity index (χ3v) is 8.23. The summed E-state index contributed by atoms with van der Waals surface area (Å²) in [5, 5.41) is 4.28. The van der Waals surface area contributed by atoms with Crippen LogP contribution in [0.3, 0.4) is 0 Å². The minimum Gasteiger partial charge on any atom is -0.491 e. The fourth-order valence-corrected chi connectivity index (χ4v) is 5.96. The SMILES string of the molecule is COCCn1c(C(=O)N2CCC3(CCCCc4ccccc4OC[C@H](C)NC3=O)CC2)cc2ccccc21. The molecule has 0 aliphatic carbocycles. The summed E-state index contributed by atoms with van der Waals surface area (Å²) in [6.45, 7) is 4.74. The molecule has 3 aromatic rings. The molecular weight excluding hydrogens is 478 g/mol. The van der Waals surface area contributed by atoms with Gasteiger partial charge in [-0.2, -0.15) is 0 Å². The molecule has 1 spiro atoms. The Bertz CT molecular complexity index is 1280. The second-order valence-electron chi connectivity index (χ2n) is 10.8. The number of benzene rings is 2. The lowest BCUT2D eigenvalue weighted by Crippen LogP contribution is -2.52. The Morgan fingerprint density at radius 1 is 1.08 bits per heavy atom. The topological polar surface area (TPSA) is 72.8 Å². The van der Waals surface area contributed by atoms with E-state index in [1.165, 1.54) is 5.56 Å². The van der Waals surface area contributed by atoms with Crippen LogP contribution in [0, 0.1) is 5.41 Å². The van der Waals surface area contributed by atoms with E-state index >= 15 is 0 Å². The standard InChI is InChI=1S/C31H39N3O4/c1-23-22-38-28-13-6-4-9-24(28)10-7-8-14-31(30(36)32-23)15-17-33(18-16-31)29(35)27-21-25-11-3-5-12-26(25)34(27)19-20-37-2/h3-6,9,11-13,21,23H,7-8,10,14-20,22H2,1-2H3,(H,32,36)/t23-/m0/s1. The highest BCUT2D eigenvalue weighted by molar-refractivity contribution is 5.99. The number of aryl methyl sites for hydroxylation is 1. The molecule has 7 heteroatoms. The summed E-state index contributed by atoms with van der Waals surface area (Å²) in [5.74, 6) is 1.04. The van der Waals surface area contributed by atoms with E-state index in [4.69, 9.17) is 9.47 Å². The molecule has 0 saturated carbocycles. The van der Waals surface area contributed by atoms with Crippen molar-refractivity contribution < 1.29 is 19.1 Å². The zero-order chi connectivity index (χ0) is 26.5. The lowest BCUT2D eigenvalue weighted by atomic mass is 9.73. The van der Waals surface area contributed by atoms with Crippen LogP contribution < -0.4 is 10.1 Å². The third-order valence-electron chi connectivity index (χ3n) is 8.23. The second kappa shape index (κ2) is 11.6. The number of fused-ring (bicyclic) bond motifs is 2. The molecule has 0 bridgehead atoms. The summed E-state index contributed by atoms with van der Waals surface area (Å²) >= 11 is 0. The maximum absolute atomic E-state index is 13.7. The Morgan fingerprint density at radius 2 is 1.84 bits per heavy atom. The number of hydrogen-bond donors (Lipinski definition) is 1. The molecule has 2 amide bonds. The van der Waals surface area contributed by atoms with Gasteiger partial charge in [-0.25, -0.2) is 0 Å². The Labute approximate surface area is 225 Å². The van der Waals surface area contributed by atoms with Crippen molar-refractivity contribution in [3.8, 4) is 5.75 Å². The molecule has 1 fully saturated rings. The molecule has 2 aliphatic heterocycles. The first-order valence-corrected chi connectivity index (χ1v) is 13.9. The normalized spacial score (nSPS) is 20.2. The fraction of sp³-hybridized carbons (Fsp3) is 0.484. The maximum atomic E-state index is 13.7. The predicted octanol–water partition coefficient (Wildman–Crippen LogP) is 4.82. The fourth-order valence-electron chi connectivity index (χ4n) is 5.96. The highest BCUT2D eigenvalue weighted by Crippen LogP contribution is 2.38. The van der Waals surface area contributed by atoms with Gasteiger partial charge in [-0.05, 0) is 62.8 Å². The first kappa shape index (κ1) is 26.3. The Balaban J connectivity index is 1.31. The predicted molar refractivity (Wildman–Crippen MR) is 148 cm³/mol. The molecular formula is C31H39N3O4. The third kappa shape index (κ3) is 5.44. The summed E-state index contributed by atoms with van der Waals surface area (Å²) in [7, 11) is 1.68. The van der Waals surface area contributed by atoms with E-state index in [2.05, 4.69) is 22.0 Å². The largest absolute Gasteiger partial charge is 0.491 e. The highest BCUT2D eigenvalue weighted by Gasteiger charge is 2.42. The van der Waals surface area contributed by atoms with E-state index in [9.17, 15) is 9.59 Å². The lowest BCUT2D eigenvalue weighted by Gasteiger charge is -2.41. The summed E-state index contributed by atoms with van der Waals surface area (Å²) in [4.78, 5) is 29.3. The molecule has 1 saturated heterocycles. The number of nitrogens with zero attached hydrogens (tertiary/aromatic N) is 2. The number of likely N-dealkylation sites (tertiary alicyclic amines) is 1. The van der Waals surface area contributed by atoms with Gasteiger partial charge in [0.25, 0.3) is 5.91 Å². The second-order valence-corrected chi connectivity index (χ2v) is 10.8. The maximum Gasteiger partial charge on any atom is 0.270 e. The molecule has 3 heterocycles. The zero-order valence-corrected chi connectivity index (χ0v) is 22.6. The smallest absolute Gasteiger partial charge is 0.270 e. The van der Waals surface area contributed by atoms with Gasteiger partial charge < -0.3 is 24.3 Å². The quantitative estimate of drug-likeness (QED) is 0.539. The Kier molecular flexibility index (Phi) is 8.03. The number of hydrogen-bond acceptors (Lipinski definition) is 4. The van der Waals surface area contributed by atoms with Crippen molar-refractivity contribution in [1.29, 1.82) is 0 Å². The molecule has 2 aromatic carbocycles. The summed E-state index contributed by atoms with van der Waals surface area (Å²) in [5.41, 5.74) is 2.50. The van der Waals surface area contributed by atoms with Gasteiger partial charge >= 0.3 is 0 Å². The van der Waals surface area contributed by atoms with Crippen LogP contribution in [0.5, 0.6) is 5.75 Å². The average Bonchev–Trinajstić information content (AvgIpc) is 3.31. The minimum atomic E-state index is -0.452. The number of carbonyl (C=O) groups is 2. The van der Waals surface area contributed by atoms with E-state index in [-0.39, 0.29) is 17.9 Å². The van der Waals surface area contributed by atoms with Gasteiger partial charge in [0.05, 0.1) is 18.1 Å². The van der Waals surface area contributed by atoms with E-state index in [0.29, 0.717) is 51.4 Å². The molecule has 2 aliphatic rings. The number of aromatic nitrogens is 1. The van der Waals surface area contributed by atoms with Crippen LogP contribution in [0.15, 0.2) is 54.6 Å². The molecule has 0 radical (unpaired) electrons. The lowest BCUT2D eigenvalue weighted by molar-refractivity contribution is -0.135. The summed E-state index contributed by atoms with van der Waals surface area (Å²) in [6.07, 6.45) is 5.10. The summed E-state index contributed by atoms with van der Waals surface area (Å²) in [6, 6.07) is 18.2. The molecule has 1 aromatic heterocycles. The van der Waals surface area contributed by atoms with Crippen LogP contribution in [0.2, 0.25) is 0 Å². The van der Waals surface area contributed by atoms with E-state index in [1.54, 1.807) is 7.11 Å². The van der Waals surface area contributed by atoms with Gasteiger partial charge in [0.1, 0.15) is 18.1 Å². The zero-order valence-electron chi connectivity index (χ0n) is 22.6. The molecule has 1 N–H and O–H groups in total. The van der Waals surface area contributed by atoms with Gasteiger partial charge in [0, 0.05) is 37.6 Å². The van der Waals surface area contributed by atoms with Crippen LogP contribution in [0.25, 0.3) is 10.9 Å². The number of carbonyl (C=O) groups excluding carboxylic acids is 2. The molecule has 0 unspecified atom stereocenters. The van der Waals surface area contributed by atoms with Gasteiger partial charge in [-0.1, -0.05) is 42.8 Å². The van der Waals surface area contributed by atoms with Crippen LogP contribution in [0.4, 0.5) is 0 Å². The highest BCUT2D eigenvalue weighted by atomic mass is 16.5. The van der Waals surface area contributed by atoms with Crippen molar-refractivity contribution in [2.75, 3.05) is 33.4 Å². The van der Waals surface area contributed by atoms with Crippen LogP contribution in [-0.4, -0.2) is 60.7 Å². The molecule has 202 valence electrons. The molecule has 38 heavy (non-hydrogen) atoms. The minimum absolute atomic E-state index is 0.0269. The number of piperidine rings is 1. The first-order valence-electron chi connectivity index (χ1n) is 13.9. The molecule has 7 nitrogen and oxygen atoms in total. The van der Waals surface area contributed by atoms with Crippen molar-refractivity contribution in [2.45, 2.75) is 58.0 Å². The van der Waals surface area contributed by atoms with Crippen molar-refractivity contribution in [3.63, 3.8) is 0 Å². The average molecular weight is 518 g/mol. The van der Waals surface area contributed by atoms with Crippen LogP contribution in [0.1, 0.15) is 55.1 Å². The number of para-hydroxylation sites is 2. The van der Waals surface area contributed by atoms with Gasteiger partial charge in [-0.15, -0.1) is 0 Å². The number of rotatable bonds is 4. The first-order chi connectivity index (χ1) is 18.5. The van der Waals surface area contributed by atoms with E-state index < -0.39 is 5.41 Å². The van der Waals surface area contributed by atoms with Crippen LogP contribution >= 0.6 is 0 Å².